The summed E-state index contributed by atoms with van der Waals surface area (Å²) >= 11 is 1.70. The lowest BCUT2D eigenvalue weighted by Crippen LogP contribution is -2.50. The molecule has 3 fully saturated rings. The van der Waals surface area contributed by atoms with E-state index in [0.717, 1.165) is 59.4 Å². The van der Waals surface area contributed by atoms with Gasteiger partial charge in [0.25, 0.3) is 0 Å². The molecule has 0 spiro atoms. The Morgan fingerprint density at radius 2 is 1.49 bits per heavy atom. The second-order valence-corrected chi connectivity index (χ2v) is 11.5. The number of hydrogen-bond acceptors (Lipinski definition) is 7. The van der Waals surface area contributed by atoms with Gasteiger partial charge in [-0.1, -0.05) is 56.3 Å². The van der Waals surface area contributed by atoms with Gasteiger partial charge in [-0.2, -0.15) is 4.52 Å². The second-order valence-electron chi connectivity index (χ2n) is 10.6. The summed E-state index contributed by atoms with van der Waals surface area (Å²) in [5, 5.41) is 19.8. The number of nitrogens with one attached hydrogen (secondary N) is 1. The molecule has 2 N–H and O–H groups in total. The van der Waals surface area contributed by atoms with Crippen LogP contribution in [0.2, 0.25) is 0 Å². The standard InChI is InChI=1S/C27H38N6OS/c34-23-14-12-20(13-15-23)24-25(28-21-8-4-1-2-5-9-21)33-26(29-24)35-27(30-33)32-18-16-31(17-19-32)22-10-6-3-7-11-22/h12-15,21-22,28,34H,1-11,16-19H2. The molecular weight excluding hydrogens is 456 g/mol. The first-order valence-corrected chi connectivity index (χ1v) is 14.5. The Morgan fingerprint density at radius 1 is 0.829 bits per heavy atom. The molecule has 2 aliphatic carbocycles. The van der Waals surface area contributed by atoms with Crippen LogP contribution in [0.15, 0.2) is 24.3 Å². The quantitative estimate of drug-likeness (QED) is 0.440. The van der Waals surface area contributed by atoms with Crippen LogP contribution in [0, 0.1) is 0 Å². The smallest absolute Gasteiger partial charge is 0.216 e. The monoisotopic (exact) mass is 494 g/mol. The van der Waals surface area contributed by atoms with E-state index in [1.54, 1.807) is 23.5 Å². The number of piperazine rings is 1. The molecule has 3 aliphatic rings. The highest BCUT2D eigenvalue weighted by molar-refractivity contribution is 7.20. The van der Waals surface area contributed by atoms with Gasteiger partial charge in [-0.05, 0) is 49.9 Å². The van der Waals surface area contributed by atoms with Crippen LogP contribution in [0.25, 0.3) is 16.2 Å². The van der Waals surface area contributed by atoms with Crippen molar-refractivity contribution in [2.24, 2.45) is 0 Å². The SMILES string of the molecule is Oc1ccc(-c2nc3sc(N4CCN(C5CCCCC5)CC4)nn3c2NC2CCCCCC2)cc1. The van der Waals surface area contributed by atoms with Crippen molar-refractivity contribution in [3.8, 4) is 17.0 Å². The van der Waals surface area contributed by atoms with Gasteiger partial charge in [0.15, 0.2) is 5.82 Å². The highest BCUT2D eigenvalue weighted by Gasteiger charge is 2.28. The topological polar surface area (TPSA) is 68.9 Å². The highest BCUT2D eigenvalue weighted by Crippen LogP contribution is 2.36. The molecule has 0 amide bonds. The summed E-state index contributed by atoms with van der Waals surface area (Å²) in [6, 6.07) is 8.63. The van der Waals surface area contributed by atoms with E-state index < -0.39 is 0 Å². The maximum atomic E-state index is 9.79. The van der Waals surface area contributed by atoms with Crippen LogP contribution < -0.4 is 10.2 Å². The number of benzene rings is 1. The molecule has 3 aromatic rings. The van der Waals surface area contributed by atoms with E-state index in [-0.39, 0.29) is 5.75 Å². The maximum absolute atomic E-state index is 9.79. The molecule has 188 valence electrons. The van der Waals surface area contributed by atoms with Crippen molar-refractivity contribution in [2.75, 3.05) is 36.4 Å². The van der Waals surface area contributed by atoms with Crippen LogP contribution in [0.5, 0.6) is 5.75 Å². The van der Waals surface area contributed by atoms with Crippen molar-refractivity contribution in [1.29, 1.82) is 0 Å². The first kappa shape index (κ1) is 23.1. The minimum absolute atomic E-state index is 0.279. The molecule has 7 nitrogen and oxygen atoms in total. The van der Waals surface area contributed by atoms with Gasteiger partial charge in [0.05, 0.1) is 0 Å². The number of phenolic OH excluding ortho intramolecular Hbond substituents is 1. The van der Waals surface area contributed by atoms with Gasteiger partial charge >= 0.3 is 0 Å². The van der Waals surface area contributed by atoms with Crippen LogP contribution in [-0.4, -0.2) is 62.9 Å². The number of phenols is 1. The van der Waals surface area contributed by atoms with Crippen LogP contribution in [0.4, 0.5) is 10.9 Å². The van der Waals surface area contributed by atoms with Crippen molar-refractivity contribution in [3.05, 3.63) is 24.3 Å². The number of anilines is 2. The van der Waals surface area contributed by atoms with Crippen molar-refractivity contribution >= 4 is 27.2 Å². The number of rotatable bonds is 5. The molecular formula is C27H38N6OS. The Morgan fingerprint density at radius 3 is 2.20 bits per heavy atom. The second kappa shape index (κ2) is 10.3. The molecule has 1 saturated heterocycles. The van der Waals surface area contributed by atoms with Gasteiger partial charge in [0.2, 0.25) is 10.1 Å². The number of aromatic hydroxyl groups is 1. The van der Waals surface area contributed by atoms with Crippen LogP contribution in [-0.2, 0) is 0 Å². The van der Waals surface area contributed by atoms with Gasteiger partial charge in [-0.15, -0.1) is 5.10 Å². The summed E-state index contributed by atoms with van der Waals surface area (Å²) in [5.41, 5.74) is 1.95. The third-order valence-corrected chi connectivity index (χ3v) is 9.17. The molecule has 6 rings (SSSR count). The average Bonchev–Trinajstić information content (AvgIpc) is 3.34. The molecule has 0 atom stereocenters. The number of nitrogens with zero attached hydrogens (tertiary/aromatic N) is 5. The summed E-state index contributed by atoms with van der Waals surface area (Å²) in [4.78, 5) is 11.2. The number of aromatic nitrogens is 3. The van der Waals surface area contributed by atoms with E-state index in [1.807, 2.05) is 16.6 Å². The van der Waals surface area contributed by atoms with E-state index in [1.165, 1.54) is 70.6 Å². The van der Waals surface area contributed by atoms with Crippen LogP contribution in [0.3, 0.4) is 0 Å². The average molecular weight is 495 g/mol. The Balaban J connectivity index is 1.25. The highest BCUT2D eigenvalue weighted by atomic mass is 32.1. The molecule has 1 aromatic carbocycles. The van der Waals surface area contributed by atoms with E-state index in [9.17, 15) is 5.11 Å². The molecule has 1 aliphatic heterocycles. The van der Waals surface area contributed by atoms with E-state index in [0.29, 0.717) is 6.04 Å². The van der Waals surface area contributed by atoms with Crippen molar-refractivity contribution in [1.82, 2.24) is 19.5 Å². The Hall–Kier alpha value is -2.32. The summed E-state index contributed by atoms with van der Waals surface area (Å²) in [7, 11) is 0. The lowest BCUT2D eigenvalue weighted by Gasteiger charge is -2.40. The van der Waals surface area contributed by atoms with E-state index >= 15 is 0 Å². The van der Waals surface area contributed by atoms with Crippen LogP contribution in [0.1, 0.15) is 70.6 Å². The maximum Gasteiger partial charge on any atom is 0.216 e. The van der Waals surface area contributed by atoms with Crippen LogP contribution >= 0.6 is 11.3 Å². The number of imidazole rings is 1. The predicted octanol–water partition coefficient (Wildman–Crippen LogP) is 5.75. The fraction of sp³-hybridized carbons (Fsp3) is 0.630. The zero-order valence-corrected chi connectivity index (χ0v) is 21.5. The van der Waals surface area contributed by atoms with Crippen molar-refractivity contribution < 1.29 is 5.11 Å². The minimum atomic E-state index is 0.279. The normalized spacial score (nSPS) is 21.4. The fourth-order valence-electron chi connectivity index (χ4n) is 6.16. The molecule has 3 heterocycles. The summed E-state index contributed by atoms with van der Waals surface area (Å²) in [5.74, 6) is 1.28. The molecule has 2 aromatic heterocycles. The van der Waals surface area contributed by atoms with Gasteiger partial charge in [0, 0.05) is 43.8 Å². The fourth-order valence-corrected chi connectivity index (χ4v) is 7.11. The summed E-state index contributed by atoms with van der Waals surface area (Å²) < 4.78 is 2.04. The molecule has 0 unspecified atom stereocenters. The zero-order chi connectivity index (χ0) is 23.6. The Bertz CT molecular complexity index is 1100. The minimum Gasteiger partial charge on any atom is -0.508 e. The van der Waals surface area contributed by atoms with Gasteiger partial charge < -0.3 is 15.3 Å². The van der Waals surface area contributed by atoms with Crippen molar-refractivity contribution in [2.45, 2.75) is 82.7 Å². The number of fused-ring (bicyclic) bond motifs is 1. The lowest BCUT2D eigenvalue weighted by atomic mass is 9.94. The summed E-state index contributed by atoms with van der Waals surface area (Å²) in [6.45, 7) is 4.36. The summed E-state index contributed by atoms with van der Waals surface area (Å²) in [6.07, 6.45) is 14.6. The van der Waals surface area contributed by atoms with Gasteiger partial charge in [0.1, 0.15) is 11.4 Å². The molecule has 35 heavy (non-hydrogen) atoms. The molecule has 0 bridgehead atoms. The first-order valence-electron chi connectivity index (χ1n) is 13.7. The first-order chi connectivity index (χ1) is 17.2. The molecule has 8 heteroatoms. The van der Waals surface area contributed by atoms with Gasteiger partial charge in [-0.3, -0.25) is 4.90 Å². The van der Waals surface area contributed by atoms with E-state index in [4.69, 9.17) is 10.1 Å². The molecule has 0 radical (unpaired) electrons. The number of hydrogen-bond donors (Lipinski definition) is 2. The largest absolute Gasteiger partial charge is 0.508 e. The zero-order valence-electron chi connectivity index (χ0n) is 20.7. The lowest BCUT2D eigenvalue weighted by molar-refractivity contribution is 0.148. The Labute approximate surface area is 212 Å². The Kier molecular flexibility index (Phi) is 6.83. The third kappa shape index (κ3) is 5.00. The van der Waals surface area contributed by atoms with Gasteiger partial charge in [-0.25, -0.2) is 4.98 Å². The molecule has 2 saturated carbocycles. The third-order valence-electron chi connectivity index (χ3n) is 8.21. The van der Waals surface area contributed by atoms with E-state index in [2.05, 4.69) is 15.1 Å². The predicted molar refractivity (Wildman–Crippen MR) is 144 cm³/mol. The van der Waals surface area contributed by atoms with Crippen molar-refractivity contribution in [3.63, 3.8) is 0 Å².